The molecule has 0 radical (unpaired) electrons. The molecule has 0 saturated carbocycles. The molecule has 0 aromatic carbocycles. The molecule has 0 spiro atoms. The van der Waals surface area contributed by atoms with Gasteiger partial charge in [-0.3, -0.25) is 4.68 Å². The zero-order valence-electron chi connectivity index (χ0n) is 8.91. The van der Waals surface area contributed by atoms with E-state index >= 15 is 0 Å². The first-order chi connectivity index (χ1) is 7.36. The van der Waals surface area contributed by atoms with Crippen molar-refractivity contribution in [3.63, 3.8) is 0 Å². The molecule has 4 heteroatoms. The molecular weight excluding hydrogens is 190 g/mol. The van der Waals surface area contributed by atoms with Gasteiger partial charge in [0.2, 0.25) is 0 Å². The van der Waals surface area contributed by atoms with E-state index in [1.807, 2.05) is 0 Å². The van der Waals surface area contributed by atoms with Gasteiger partial charge in [0, 0.05) is 24.5 Å². The van der Waals surface area contributed by atoms with Gasteiger partial charge in [0.05, 0.1) is 6.04 Å². The van der Waals surface area contributed by atoms with E-state index < -0.39 is 0 Å². The molecule has 2 aliphatic rings. The fraction of sp³-hybridized carbons (Fsp3) is 0.727. The Kier molecular flexibility index (Phi) is 2.16. The van der Waals surface area contributed by atoms with Crippen molar-refractivity contribution in [3.05, 3.63) is 11.3 Å². The second kappa shape index (κ2) is 3.52. The van der Waals surface area contributed by atoms with E-state index in [4.69, 9.17) is 10.5 Å². The van der Waals surface area contributed by atoms with Crippen LogP contribution < -0.4 is 5.73 Å². The molecule has 2 heterocycles. The van der Waals surface area contributed by atoms with Crippen LogP contribution in [0.5, 0.6) is 0 Å². The molecule has 1 aromatic heterocycles. The van der Waals surface area contributed by atoms with E-state index in [1.54, 1.807) is 0 Å². The monoisotopic (exact) mass is 207 g/mol. The van der Waals surface area contributed by atoms with Gasteiger partial charge in [-0.05, 0) is 32.1 Å². The van der Waals surface area contributed by atoms with Gasteiger partial charge in [-0.1, -0.05) is 0 Å². The molecule has 1 saturated heterocycles. The van der Waals surface area contributed by atoms with Crippen LogP contribution in [-0.4, -0.2) is 23.0 Å². The standard InChI is InChI=1S/C11H17N3O/c12-11-9-2-1-3-10(9)14(13-11)8-4-6-15-7-5-8/h8H,1-7H2,(H2,12,13). The van der Waals surface area contributed by atoms with Crippen LogP contribution in [0.1, 0.15) is 36.6 Å². The first kappa shape index (κ1) is 9.21. The Balaban J connectivity index is 1.93. The van der Waals surface area contributed by atoms with Gasteiger partial charge in [-0.2, -0.15) is 5.10 Å². The van der Waals surface area contributed by atoms with Gasteiger partial charge < -0.3 is 10.5 Å². The molecule has 1 aromatic rings. The van der Waals surface area contributed by atoms with Crippen LogP contribution in [0.4, 0.5) is 5.82 Å². The van der Waals surface area contributed by atoms with Crippen LogP contribution in [0, 0.1) is 0 Å². The number of aromatic nitrogens is 2. The number of ether oxygens (including phenoxy) is 1. The summed E-state index contributed by atoms with van der Waals surface area (Å²) in [6.07, 6.45) is 5.66. The molecule has 1 aliphatic carbocycles. The largest absolute Gasteiger partial charge is 0.382 e. The molecule has 1 fully saturated rings. The number of nitrogens with zero attached hydrogens (tertiary/aromatic N) is 2. The number of nitrogen functional groups attached to an aromatic ring is 1. The van der Waals surface area contributed by atoms with Crippen molar-refractivity contribution in [1.82, 2.24) is 9.78 Å². The lowest BCUT2D eigenvalue weighted by atomic mass is 10.1. The smallest absolute Gasteiger partial charge is 0.148 e. The highest BCUT2D eigenvalue weighted by Crippen LogP contribution is 2.31. The van der Waals surface area contributed by atoms with Crippen molar-refractivity contribution in [2.45, 2.75) is 38.1 Å². The fourth-order valence-electron chi connectivity index (χ4n) is 2.73. The zero-order chi connectivity index (χ0) is 10.3. The van der Waals surface area contributed by atoms with Gasteiger partial charge in [-0.15, -0.1) is 0 Å². The third-order valence-corrected chi connectivity index (χ3v) is 3.53. The topological polar surface area (TPSA) is 53.1 Å². The van der Waals surface area contributed by atoms with Crippen LogP contribution in [0.25, 0.3) is 0 Å². The third-order valence-electron chi connectivity index (χ3n) is 3.53. The Morgan fingerprint density at radius 2 is 2.07 bits per heavy atom. The Morgan fingerprint density at radius 3 is 2.87 bits per heavy atom. The van der Waals surface area contributed by atoms with Gasteiger partial charge in [0.15, 0.2) is 0 Å². The summed E-state index contributed by atoms with van der Waals surface area (Å²) in [4.78, 5) is 0. The Bertz CT molecular complexity index is 366. The Morgan fingerprint density at radius 1 is 1.27 bits per heavy atom. The molecule has 0 atom stereocenters. The number of nitrogens with two attached hydrogens (primary N) is 1. The van der Waals surface area contributed by atoms with Crippen molar-refractivity contribution in [2.75, 3.05) is 18.9 Å². The molecule has 0 unspecified atom stereocenters. The van der Waals surface area contributed by atoms with E-state index in [2.05, 4.69) is 9.78 Å². The molecule has 3 rings (SSSR count). The zero-order valence-corrected chi connectivity index (χ0v) is 8.91. The maximum Gasteiger partial charge on any atom is 0.148 e. The summed E-state index contributed by atoms with van der Waals surface area (Å²) in [5.74, 6) is 0.758. The summed E-state index contributed by atoms with van der Waals surface area (Å²) in [5, 5.41) is 4.49. The summed E-state index contributed by atoms with van der Waals surface area (Å²) < 4.78 is 7.56. The number of hydrogen-bond acceptors (Lipinski definition) is 3. The minimum absolute atomic E-state index is 0.517. The summed E-state index contributed by atoms with van der Waals surface area (Å²) >= 11 is 0. The van der Waals surface area contributed by atoms with Crippen LogP contribution in [-0.2, 0) is 17.6 Å². The first-order valence-electron chi connectivity index (χ1n) is 5.80. The SMILES string of the molecule is Nc1nn(C2CCOCC2)c2c1CCC2. The molecule has 2 N–H and O–H groups in total. The predicted molar refractivity (Wildman–Crippen MR) is 57.8 cm³/mol. The minimum Gasteiger partial charge on any atom is -0.382 e. The van der Waals surface area contributed by atoms with Crippen LogP contribution in [0.3, 0.4) is 0 Å². The minimum atomic E-state index is 0.517. The number of fused-ring (bicyclic) bond motifs is 1. The molecular formula is C11H17N3O. The summed E-state index contributed by atoms with van der Waals surface area (Å²) in [6, 6.07) is 0.517. The van der Waals surface area contributed by atoms with Crippen LogP contribution in [0.15, 0.2) is 0 Å². The van der Waals surface area contributed by atoms with E-state index in [1.165, 1.54) is 17.7 Å². The van der Waals surface area contributed by atoms with Gasteiger partial charge in [-0.25, -0.2) is 0 Å². The highest BCUT2D eigenvalue weighted by atomic mass is 16.5. The lowest BCUT2D eigenvalue weighted by molar-refractivity contribution is 0.0655. The third kappa shape index (κ3) is 1.44. The van der Waals surface area contributed by atoms with Gasteiger partial charge in [0.1, 0.15) is 5.82 Å². The summed E-state index contributed by atoms with van der Waals surface area (Å²) in [6.45, 7) is 1.72. The Labute approximate surface area is 89.4 Å². The summed E-state index contributed by atoms with van der Waals surface area (Å²) in [7, 11) is 0. The second-order valence-corrected chi connectivity index (χ2v) is 4.45. The quantitative estimate of drug-likeness (QED) is 0.755. The van der Waals surface area contributed by atoms with Gasteiger partial charge >= 0.3 is 0 Å². The molecule has 0 bridgehead atoms. The maximum absolute atomic E-state index is 5.94. The van der Waals surface area contributed by atoms with E-state index in [0.29, 0.717) is 6.04 Å². The van der Waals surface area contributed by atoms with E-state index in [-0.39, 0.29) is 0 Å². The molecule has 15 heavy (non-hydrogen) atoms. The van der Waals surface area contributed by atoms with Crippen molar-refractivity contribution >= 4 is 5.82 Å². The highest BCUT2D eigenvalue weighted by molar-refractivity contribution is 5.45. The molecule has 0 amide bonds. The van der Waals surface area contributed by atoms with E-state index in [0.717, 1.165) is 44.7 Å². The lowest BCUT2D eigenvalue weighted by Crippen LogP contribution is -2.22. The average Bonchev–Trinajstić information content (AvgIpc) is 2.84. The maximum atomic E-state index is 5.94. The van der Waals surface area contributed by atoms with Gasteiger partial charge in [0.25, 0.3) is 0 Å². The summed E-state index contributed by atoms with van der Waals surface area (Å²) in [5.41, 5.74) is 8.63. The molecule has 1 aliphatic heterocycles. The predicted octanol–water partition coefficient (Wildman–Crippen LogP) is 1.31. The van der Waals surface area contributed by atoms with E-state index in [9.17, 15) is 0 Å². The molecule has 82 valence electrons. The van der Waals surface area contributed by atoms with Crippen molar-refractivity contribution < 1.29 is 4.74 Å². The number of anilines is 1. The second-order valence-electron chi connectivity index (χ2n) is 4.45. The highest BCUT2D eigenvalue weighted by Gasteiger charge is 2.26. The van der Waals surface area contributed by atoms with Crippen LogP contribution in [0.2, 0.25) is 0 Å². The molecule has 4 nitrogen and oxygen atoms in total. The average molecular weight is 207 g/mol. The van der Waals surface area contributed by atoms with Crippen LogP contribution >= 0.6 is 0 Å². The van der Waals surface area contributed by atoms with Crippen molar-refractivity contribution in [2.24, 2.45) is 0 Å². The fourth-order valence-corrected chi connectivity index (χ4v) is 2.73. The first-order valence-corrected chi connectivity index (χ1v) is 5.80. The lowest BCUT2D eigenvalue weighted by Gasteiger charge is -2.23. The number of hydrogen-bond donors (Lipinski definition) is 1. The Hall–Kier alpha value is -1.03. The number of rotatable bonds is 1. The normalized spacial score (nSPS) is 21.9. The van der Waals surface area contributed by atoms with Crippen molar-refractivity contribution in [3.8, 4) is 0 Å². The van der Waals surface area contributed by atoms with Crippen molar-refractivity contribution in [1.29, 1.82) is 0 Å².